The molecule has 84 valence electrons. The lowest BCUT2D eigenvalue weighted by molar-refractivity contribution is -0.517. The average Bonchev–Trinajstić information content (AvgIpc) is 2.62. The minimum absolute atomic E-state index is 0.0244. The lowest BCUT2D eigenvalue weighted by atomic mass is 9.94. The van der Waals surface area contributed by atoms with Crippen LogP contribution in [0.4, 0.5) is 0 Å². The van der Waals surface area contributed by atoms with Crippen molar-refractivity contribution in [2.75, 3.05) is 6.54 Å². The van der Waals surface area contributed by atoms with E-state index in [0.29, 0.717) is 6.54 Å². The van der Waals surface area contributed by atoms with Gasteiger partial charge in [-0.25, -0.2) is 0 Å². The number of hydrogen-bond acceptors (Lipinski definition) is 3. The standard InChI is InChI=1S/C10H16N2O3/c13-10-6-9(12(14)15)7-11(10)8-4-2-1-3-5-8/h8-9H,1-7H2. The van der Waals surface area contributed by atoms with Crippen molar-refractivity contribution >= 4 is 5.91 Å². The number of nitrogens with zero attached hydrogens (tertiary/aromatic N) is 2. The molecule has 1 aliphatic carbocycles. The molecule has 0 radical (unpaired) electrons. The molecule has 0 bridgehead atoms. The summed E-state index contributed by atoms with van der Waals surface area (Å²) in [4.78, 5) is 23.6. The molecule has 1 heterocycles. The lowest BCUT2D eigenvalue weighted by Crippen LogP contribution is -2.38. The molecule has 2 fully saturated rings. The van der Waals surface area contributed by atoms with E-state index in [4.69, 9.17) is 0 Å². The van der Waals surface area contributed by atoms with E-state index in [9.17, 15) is 14.9 Å². The average molecular weight is 212 g/mol. The molecule has 15 heavy (non-hydrogen) atoms. The third kappa shape index (κ3) is 2.11. The van der Waals surface area contributed by atoms with Crippen molar-refractivity contribution in [3.63, 3.8) is 0 Å². The fourth-order valence-corrected chi connectivity index (χ4v) is 2.60. The molecule has 1 amide bonds. The van der Waals surface area contributed by atoms with Crippen LogP contribution < -0.4 is 0 Å². The molecule has 1 saturated heterocycles. The van der Waals surface area contributed by atoms with Gasteiger partial charge >= 0.3 is 0 Å². The monoisotopic (exact) mass is 212 g/mol. The van der Waals surface area contributed by atoms with E-state index in [1.807, 2.05) is 0 Å². The van der Waals surface area contributed by atoms with Crippen LogP contribution in [0.3, 0.4) is 0 Å². The molecular formula is C10H16N2O3. The zero-order valence-electron chi connectivity index (χ0n) is 8.72. The van der Waals surface area contributed by atoms with Crippen molar-refractivity contribution in [3.05, 3.63) is 10.1 Å². The van der Waals surface area contributed by atoms with Crippen molar-refractivity contribution in [1.29, 1.82) is 0 Å². The van der Waals surface area contributed by atoms with Gasteiger partial charge < -0.3 is 4.90 Å². The van der Waals surface area contributed by atoms with Crippen molar-refractivity contribution < 1.29 is 9.72 Å². The Morgan fingerprint density at radius 3 is 2.47 bits per heavy atom. The first-order valence-electron chi connectivity index (χ1n) is 5.61. The Bertz CT molecular complexity index is 274. The van der Waals surface area contributed by atoms with E-state index < -0.39 is 6.04 Å². The van der Waals surface area contributed by atoms with Crippen LogP contribution in [-0.4, -0.2) is 34.4 Å². The number of carbonyl (C=O) groups excluding carboxylic acids is 1. The Morgan fingerprint density at radius 1 is 1.27 bits per heavy atom. The predicted molar refractivity (Wildman–Crippen MR) is 54.0 cm³/mol. The number of carbonyl (C=O) groups is 1. The van der Waals surface area contributed by atoms with E-state index >= 15 is 0 Å². The van der Waals surface area contributed by atoms with E-state index in [0.717, 1.165) is 25.7 Å². The van der Waals surface area contributed by atoms with Gasteiger partial charge in [0.2, 0.25) is 11.9 Å². The number of likely N-dealkylation sites (tertiary alicyclic amines) is 1. The third-order valence-electron chi connectivity index (χ3n) is 3.45. The normalized spacial score (nSPS) is 28.4. The Labute approximate surface area is 88.6 Å². The number of amides is 1. The van der Waals surface area contributed by atoms with E-state index in [-0.39, 0.29) is 23.3 Å². The second-order valence-corrected chi connectivity index (χ2v) is 4.48. The lowest BCUT2D eigenvalue weighted by Gasteiger charge is -2.30. The van der Waals surface area contributed by atoms with Crippen LogP contribution in [-0.2, 0) is 4.79 Å². The van der Waals surface area contributed by atoms with Crippen LogP contribution in [0.2, 0.25) is 0 Å². The summed E-state index contributed by atoms with van der Waals surface area (Å²) >= 11 is 0. The Morgan fingerprint density at radius 2 is 1.93 bits per heavy atom. The Hall–Kier alpha value is -1.13. The van der Waals surface area contributed by atoms with Crippen molar-refractivity contribution in [3.8, 4) is 0 Å². The van der Waals surface area contributed by atoms with Crippen LogP contribution in [0, 0.1) is 10.1 Å². The summed E-state index contributed by atoms with van der Waals surface area (Å²) in [5.74, 6) is -0.0244. The molecular weight excluding hydrogens is 196 g/mol. The minimum Gasteiger partial charge on any atom is -0.333 e. The fourth-order valence-electron chi connectivity index (χ4n) is 2.60. The molecule has 0 spiro atoms. The molecule has 1 unspecified atom stereocenters. The summed E-state index contributed by atoms with van der Waals surface area (Å²) < 4.78 is 0. The van der Waals surface area contributed by atoms with E-state index in [2.05, 4.69) is 0 Å². The zero-order valence-corrected chi connectivity index (χ0v) is 8.72. The van der Waals surface area contributed by atoms with Gasteiger partial charge in [0.25, 0.3) is 0 Å². The number of rotatable bonds is 2. The maximum absolute atomic E-state index is 11.6. The maximum Gasteiger partial charge on any atom is 0.239 e. The van der Waals surface area contributed by atoms with Crippen molar-refractivity contribution in [2.45, 2.75) is 50.6 Å². The molecule has 1 atom stereocenters. The zero-order chi connectivity index (χ0) is 10.8. The van der Waals surface area contributed by atoms with Crippen LogP contribution in [0.5, 0.6) is 0 Å². The first kappa shape index (κ1) is 10.4. The molecule has 0 aromatic heterocycles. The van der Waals surface area contributed by atoms with Crippen LogP contribution in [0.15, 0.2) is 0 Å². The third-order valence-corrected chi connectivity index (χ3v) is 3.45. The number of nitro groups is 1. The smallest absolute Gasteiger partial charge is 0.239 e. The van der Waals surface area contributed by atoms with Crippen molar-refractivity contribution in [2.24, 2.45) is 0 Å². The van der Waals surface area contributed by atoms with Gasteiger partial charge in [0, 0.05) is 11.0 Å². The Kier molecular flexibility index (Phi) is 2.88. The Balaban J connectivity index is 1.97. The van der Waals surface area contributed by atoms with Gasteiger partial charge in [-0.15, -0.1) is 0 Å². The topological polar surface area (TPSA) is 63.4 Å². The summed E-state index contributed by atoms with van der Waals surface area (Å²) in [6.45, 7) is 0.330. The molecule has 2 aliphatic rings. The summed E-state index contributed by atoms with van der Waals surface area (Å²) in [5.41, 5.74) is 0. The van der Waals surface area contributed by atoms with E-state index in [1.54, 1.807) is 4.90 Å². The first-order valence-corrected chi connectivity index (χ1v) is 5.61. The highest BCUT2D eigenvalue weighted by Gasteiger charge is 2.40. The van der Waals surface area contributed by atoms with Gasteiger partial charge in [0.05, 0.1) is 13.0 Å². The second-order valence-electron chi connectivity index (χ2n) is 4.48. The number of hydrogen-bond donors (Lipinski definition) is 0. The maximum atomic E-state index is 11.6. The van der Waals surface area contributed by atoms with Crippen molar-refractivity contribution in [1.82, 2.24) is 4.90 Å². The van der Waals surface area contributed by atoms with Crippen LogP contribution >= 0.6 is 0 Å². The minimum atomic E-state index is -0.667. The summed E-state index contributed by atoms with van der Waals surface area (Å²) in [6.07, 6.45) is 5.68. The molecule has 5 nitrogen and oxygen atoms in total. The van der Waals surface area contributed by atoms with Gasteiger partial charge in [0.1, 0.15) is 0 Å². The molecule has 0 N–H and O–H groups in total. The molecule has 1 aliphatic heterocycles. The largest absolute Gasteiger partial charge is 0.333 e. The molecule has 0 aromatic carbocycles. The van der Waals surface area contributed by atoms with Crippen LogP contribution in [0.1, 0.15) is 38.5 Å². The molecule has 2 rings (SSSR count). The van der Waals surface area contributed by atoms with Gasteiger partial charge in [-0.2, -0.15) is 0 Å². The SMILES string of the molecule is O=C1CC([N+](=O)[O-])CN1C1CCCCC1. The van der Waals surface area contributed by atoms with E-state index in [1.165, 1.54) is 6.42 Å². The first-order chi connectivity index (χ1) is 7.18. The van der Waals surface area contributed by atoms with Gasteiger partial charge in [-0.05, 0) is 12.8 Å². The molecule has 1 saturated carbocycles. The molecule has 5 heteroatoms. The predicted octanol–water partition coefficient (Wildman–Crippen LogP) is 1.20. The summed E-state index contributed by atoms with van der Waals surface area (Å²) in [5, 5.41) is 10.6. The molecule has 0 aromatic rings. The van der Waals surface area contributed by atoms with Gasteiger partial charge in [-0.1, -0.05) is 19.3 Å². The highest BCUT2D eigenvalue weighted by atomic mass is 16.6. The van der Waals surface area contributed by atoms with Gasteiger partial charge in [-0.3, -0.25) is 14.9 Å². The summed E-state index contributed by atoms with van der Waals surface area (Å²) in [6, 6.07) is -0.393. The second kappa shape index (κ2) is 4.16. The van der Waals surface area contributed by atoms with Crippen LogP contribution in [0.25, 0.3) is 0 Å². The fraction of sp³-hybridized carbons (Fsp3) is 0.900. The van der Waals surface area contributed by atoms with Gasteiger partial charge in [0.15, 0.2) is 0 Å². The quantitative estimate of drug-likeness (QED) is 0.510. The highest BCUT2D eigenvalue weighted by Crippen LogP contribution is 2.26. The summed E-state index contributed by atoms with van der Waals surface area (Å²) in [7, 11) is 0. The highest BCUT2D eigenvalue weighted by molar-refractivity contribution is 5.79.